The number of carbonyl (C=O) groups is 1. The molecule has 88 valence electrons. The number of urea groups is 1. The number of rotatable bonds is 3. The van der Waals surface area contributed by atoms with E-state index in [1.807, 2.05) is 0 Å². The smallest absolute Gasteiger partial charge is 0.323 e. The normalized spacial score (nSPS) is 24.3. The minimum atomic E-state index is -0.309. The molecule has 1 saturated carbocycles. The molecule has 1 fully saturated rings. The first-order valence-electron chi connectivity index (χ1n) is 5.29. The first kappa shape index (κ1) is 10.9. The summed E-state index contributed by atoms with van der Waals surface area (Å²) >= 11 is 0. The third kappa shape index (κ3) is 2.52. The largest absolute Gasteiger partial charge is 0.432 e. The maximum absolute atomic E-state index is 11.6. The predicted octanol–water partition coefficient (Wildman–Crippen LogP) is 1.36. The number of methoxy groups -OCH3 is 1. The highest BCUT2D eigenvalue weighted by Crippen LogP contribution is 2.21. The quantitative estimate of drug-likeness (QED) is 0.814. The van der Waals surface area contributed by atoms with Gasteiger partial charge in [0, 0.05) is 7.11 Å². The standard InChI is InChI=1S/C10H15N3O3/c1-15-8-4-2-3-7(8)12-9(14)13-10-11-5-6-16-10/h5-8H,2-4H2,1H3,(H2,11,12,13,14)/t7-,8+/m1/s1. The molecular formula is C10H15N3O3. The van der Waals surface area contributed by atoms with E-state index in [9.17, 15) is 4.79 Å². The number of carbonyl (C=O) groups excluding carboxylic acids is 1. The molecule has 1 aliphatic carbocycles. The van der Waals surface area contributed by atoms with Crippen molar-refractivity contribution < 1.29 is 13.9 Å². The van der Waals surface area contributed by atoms with Crippen LogP contribution in [0, 0.1) is 0 Å². The Morgan fingerprint density at radius 3 is 3.19 bits per heavy atom. The Hall–Kier alpha value is -1.56. The van der Waals surface area contributed by atoms with Crippen molar-refractivity contribution >= 4 is 12.0 Å². The van der Waals surface area contributed by atoms with Crippen LogP contribution in [-0.2, 0) is 4.74 Å². The van der Waals surface area contributed by atoms with Gasteiger partial charge < -0.3 is 14.5 Å². The van der Waals surface area contributed by atoms with Gasteiger partial charge in [0.1, 0.15) is 6.26 Å². The third-order valence-electron chi connectivity index (χ3n) is 2.72. The lowest BCUT2D eigenvalue weighted by molar-refractivity contribution is 0.0882. The molecule has 2 N–H and O–H groups in total. The maximum atomic E-state index is 11.6. The molecule has 2 amide bonds. The molecule has 2 atom stereocenters. The van der Waals surface area contributed by atoms with Crippen molar-refractivity contribution in [2.45, 2.75) is 31.4 Å². The topological polar surface area (TPSA) is 76.4 Å². The number of nitrogens with one attached hydrogen (secondary N) is 2. The van der Waals surface area contributed by atoms with E-state index >= 15 is 0 Å². The minimum Gasteiger partial charge on any atom is -0.432 e. The van der Waals surface area contributed by atoms with Gasteiger partial charge in [-0.15, -0.1) is 0 Å². The zero-order chi connectivity index (χ0) is 11.4. The van der Waals surface area contributed by atoms with E-state index in [2.05, 4.69) is 15.6 Å². The molecule has 1 aromatic heterocycles. The summed E-state index contributed by atoms with van der Waals surface area (Å²) in [7, 11) is 1.66. The summed E-state index contributed by atoms with van der Waals surface area (Å²) in [5.74, 6) is 0. The number of oxazole rings is 1. The van der Waals surface area contributed by atoms with Gasteiger partial charge in [0.25, 0.3) is 0 Å². The zero-order valence-corrected chi connectivity index (χ0v) is 9.10. The highest BCUT2D eigenvalue weighted by atomic mass is 16.5. The number of anilines is 1. The molecule has 0 aliphatic heterocycles. The summed E-state index contributed by atoms with van der Waals surface area (Å²) < 4.78 is 10.2. The summed E-state index contributed by atoms with van der Waals surface area (Å²) in [6.45, 7) is 0. The molecule has 1 aliphatic rings. The van der Waals surface area contributed by atoms with Crippen molar-refractivity contribution in [3.63, 3.8) is 0 Å². The Balaban J connectivity index is 1.83. The summed E-state index contributed by atoms with van der Waals surface area (Å²) in [6, 6.07) is -0.0409. The molecule has 6 nitrogen and oxygen atoms in total. The van der Waals surface area contributed by atoms with Crippen LogP contribution in [0.4, 0.5) is 10.8 Å². The molecule has 6 heteroatoms. The van der Waals surface area contributed by atoms with Crippen LogP contribution in [-0.4, -0.2) is 30.3 Å². The van der Waals surface area contributed by atoms with Crippen LogP contribution in [0.5, 0.6) is 0 Å². The highest BCUT2D eigenvalue weighted by Gasteiger charge is 2.28. The molecule has 0 spiro atoms. The average molecular weight is 225 g/mol. The van der Waals surface area contributed by atoms with E-state index in [-0.39, 0.29) is 24.2 Å². The van der Waals surface area contributed by atoms with E-state index < -0.39 is 0 Å². The highest BCUT2D eigenvalue weighted by molar-refractivity contribution is 5.87. The Morgan fingerprint density at radius 2 is 2.50 bits per heavy atom. The molecule has 2 rings (SSSR count). The van der Waals surface area contributed by atoms with Crippen LogP contribution in [0.1, 0.15) is 19.3 Å². The average Bonchev–Trinajstić information content (AvgIpc) is 2.88. The lowest BCUT2D eigenvalue weighted by atomic mass is 10.2. The van der Waals surface area contributed by atoms with Crippen LogP contribution in [0.2, 0.25) is 0 Å². The van der Waals surface area contributed by atoms with Gasteiger partial charge in [-0.25, -0.2) is 9.78 Å². The summed E-state index contributed by atoms with van der Waals surface area (Å²) in [5, 5.41) is 5.35. The fraction of sp³-hybridized carbons (Fsp3) is 0.600. The van der Waals surface area contributed by atoms with Gasteiger partial charge >= 0.3 is 12.0 Å². The molecule has 0 bridgehead atoms. The van der Waals surface area contributed by atoms with Crippen LogP contribution < -0.4 is 10.6 Å². The monoisotopic (exact) mass is 225 g/mol. The number of aromatic nitrogens is 1. The lowest BCUT2D eigenvalue weighted by Gasteiger charge is -2.19. The molecule has 0 saturated heterocycles. The van der Waals surface area contributed by atoms with Crippen molar-refractivity contribution in [2.75, 3.05) is 12.4 Å². The number of amides is 2. The summed E-state index contributed by atoms with van der Waals surface area (Å²) in [4.78, 5) is 15.4. The second-order valence-corrected chi connectivity index (χ2v) is 3.75. The Morgan fingerprint density at radius 1 is 1.62 bits per heavy atom. The van der Waals surface area contributed by atoms with Gasteiger partial charge in [0.15, 0.2) is 0 Å². The van der Waals surface area contributed by atoms with Crippen molar-refractivity contribution in [1.29, 1.82) is 0 Å². The molecule has 0 unspecified atom stereocenters. The fourth-order valence-electron chi connectivity index (χ4n) is 1.96. The maximum Gasteiger partial charge on any atom is 0.323 e. The zero-order valence-electron chi connectivity index (χ0n) is 9.10. The summed E-state index contributed by atoms with van der Waals surface area (Å²) in [6.07, 6.45) is 5.99. The van der Waals surface area contributed by atoms with Crippen molar-refractivity contribution in [1.82, 2.24) is 10.3 Å². The van der Waals surface area contributed by atoms with E-state index in [0.717, 1.165) is 19.3 Å². The first-order valence-corrected chi connectivity index (χ1v) is 5.29. The first-order chi connectivity index (χ1) is 7.79. The number of ether oxygens (including phenoxy) is 1. The Bertz CT molecular complexity index is 339. The predicted molar refractivity (Wildman–Crippen MR) is 57.1 cm³/mol. The minimum absolute atomic E-state index is 0.0694. The Labute approximate surface area is 93.4 Å². The fourth-order valence-corrected chi connectivity index (χ4v) is 1.96. The van der Waals surface area contributed by atoms with E-state index in [1.54, 1.807) is 7.11 Å². The van der Waals surface area contributed by atoms with E-state index in [4.69, 9.17) is 9.15 Å². The molecule has 0 radical (unpaired) electrons. The SMILES string of the molecule is CO[C@H]1CCC[C@H]1NC(=O)Nc1ncco1. The van der Waals surface area contributed by atoms with Gasteiger partial charge in [-0.2, -0.15) is 0 Å². The Kier molecular flexibility index (Phi) is 3.40. The van der Waals surface area contributed by atoms with Crippen molar-refractivity contribution in [3.05, 3.63) is 12.5 Å². The van der Waals surface area contributed by atoms with Gasteiger partial charge in [0.2, 0.25) is 0 Å². The second kappa shape index (κ2) is 4.98. The molecule has 1 heterocycles. The number of hydrogen-bond donors (Lipinski definition) is 2. The van der Waals surface area contributed by atoms with Gasteiger partial charge in [-0.1, -0.05) is 0 Å². The summed E-state index contributed by atoms with van der Waals surface area (Å²) in [5.41, 5.74) is 0. The molecule has 0 aromatic carbocycles. The number of hydrogen-bond acceptors (Lipinski definition) is 4. The van der Waals surface area contributed by atoms with Crippen LogP contribution in [0.3, 0.4) is 0 Å². The van der Waals surface area contributed by atoms with Crippen molar-refractivity contribution in [3.8, 4) is 0 Å². The lowest BCUT2D eigenvalue weighted by Crippen LogP contribution is -2.42. The van der Waals surface area contributed by atoms with Gasteiger partial charge in [0.05, 0.1) is 18.3 Å². The molecule has 1 aromatic rings. The van der Waals surface area contributed by atoms with Crippen molar-refractivity contribution in [2.24, 2.45) is 0 Å². The van der Waals surface area contributed by atoms with Gasteiger partial charge in [-0.05, 0) is 19.3 Å². The van der Waals surface area contributed by atoms with Crippen LogP contribution in [0.15, 0.2) is 16.9 Å². The number of nitrogens with zero attached hydrogens (tertiary/aromatic N) is 1. The van der Waals surface area contributed by atoms with Crippen LogP contribution >= 0.6 is 0 Å². The molecule has 16 heavy (non-hydrogen) atoms. The second-order valence-electron chi connectivity index (χ2n) is 3.75. The van der Waals surface area contributed by atoms with E-state index in [0.29, 0.717) is 0 Å². The molecular weight excluding hydrogens is 210 g/mol. The third-order valence-corrected chi connectivity index (χ3v) is 2.72. The van der Waals surface area contributed by atoms with Gasteiger partial charge in [-0.3, -0.25) is 5.32 Å². The van der Waals surface area contributed by atoms with E-state index in [1.165, 1.54) is 12.5 Å². The van der Waals surface area contributed by atoms with Crippen LogP contribution in [0.25, 0.3) is 0 Å².